The van der Waals surface area contributed by atoms with Crippen molar-refractivity contribution in [2.45, 2.75) is 19.9 Å². The maximum absolute atomic E-state index is 5.02. The van der Waals surface area contributed by atoms with Gasteiger partial charge < -0.3 is 20.7 Å². The van der Waals surface area contributed by atoms with Crippen LogP contribution in [-0.2, 0) is 4.74 Å². The van der Waals surface area contributed by atoms with Crippen molar-refractivity contribution in [3.8, 4) is 0 Å². The second-order valence-corrected chi connectivity index (χ2v) is 5.23. The monoisotopic (exact) mass is 292 g/mol. The summed E-state index contributed by atoms with van der Waals surface area (Å²) in [5.41, 5.74) is 1.14. The SMILES string of the molecule is CN=C(NCCOC)NCC(Nc1ccccc1)C(C)C. The number of aliphatic imine (C=N–C) groups is 1. The van der Waals surface area contributed by atoms with Crippen LogP contribution in [0.2, 0.25) is 0 Å². The van der Waals surface area contributed by atoms with Crippen molar-refractivity contribution >= 4 is 11.6 Å². The van der Waals surface area contributed by atoms with Crippen molar-refractivity contribution in [3.63, 3.8) is 0 Å². The summed E-state index contributed by atoms with van der Waals surface area (Å²) in [4.78, 5) is 4.21. The molecule has 1 atom stereocenters. The van der Waals surface area contributed by atoms with Gasteiger partial charge >= 0.3 is 0 Å². The number of nitrogens with one attached hydrogen (secondary N) is 3. The summed E-state index contributed by atoms with van der Waals surface area (Å²) in [6, 6.07) is 10.6. The Labute approximate surface area is 128 Å². The van der Waals surface area contributed by atoms with E-state index >= 15 is 0 Å². The van der Waals surface area contributed by atoms with E-state index in [4.69, 9.17) is 4.74 Å². The van der Waals surface area contributed by atoms with Gasteiger partial charge in [0.2, 0.25) is 0 Å². The number of methoxy groups -OCH3 is 1. The number of anilines is 1. The fourth-order valence-corrected chi connectivity index (χ4v) is 1.90. The van der Waals surface area contributed by atoms with Crippen LogP contribution in [0.4, 0.5) is 5.69 Å². The van der Waals surface area contributed by atoms with Crippen molar-refractivity contribution in [1.29, 1.82) is 0 Å². The van der Waals surface area contributed by atoms with Gasteiger partial charge in [0.05, 0.1) is 6.61 Å². The van der Waals surface area contributed by atoms with Crippen LogP contribution in [0.5, 0.6) is 0 Å². The molecule has 1 aromatic carbocycles. The molecule has 0 spiro atoms. The van der Waals surface area contributed by atoms with E-state index in [1.54, 1.807) is 14.2 Å². The molecule has 0 aromatic heterocycles. The van der Waals surface area contributed by atoms with Gasteiger partial charge in [-0.15, -0.1) is 0 Å². The van der Waals surface area contributed by atoms with E-state index in [1.165, 1.54) is 0 Å². The van der Waals surface area contributed by atoms with Crippen molar-refractivity contribution in [2.75, 3.05) is 39.2 Å². The molecular weight excluding hydrogens is 264 g/mol. The molecule has 0 amide bonds. The van der Waals surface area contributed by atoms with Crippen molar-refractivity contribution in [2.24, 2.45) is 10.9 Å². The van der Waals surface area contributed by atoms with Crippen molar-refractivity contribution < 1.29 is 4.74 Å². The molecule has 0 saturated carbocycles. The quantitative estimate of drug-likeness (QED) is 0.389. The van der Waals surface area contributed by atoms with Crippen LogP contribution in [0.15, 0.2) is 35.3 Å². The first-order chi connectivity index (χ1) is 10.2. The van der Waals surface area contributed by atoms with E-state index in [-0.39, 0.29) is 0 Å². The van der Waals surface area contributed by atoms with Crippen LogP contribution in [0.3, 0.4) is 0 Å². The van der Waals surface area contributed by atoms with Crippen molar-refractivity contribution in [1.82, 2.24) is 10.6 Å². The summed E-state index contributed by atoms with van der Waals surface area (Å²) in [6.07, 6.45) is 0. The molecule has 3 N–H and O–H groups in total. The molecule has 0 aliphatic carbocycles. The summed E-state index contributed by atoms with van der Waals surface area (Å²) in [5, 5.41) is 10.1. The highest BCUT2D eigenvalue weighted by Crippen LogP contribution is 2.11. The van der Waals surface area contributed by atoms with E-state index in [9.17, 15) is 0 Å². The fourth-order valence-electron chi connectivity index (χ4n) is 1.90. The molecule has 0 bridgehead atoms. The van der Waals surface area contributed by atoms with Crippen LogP contribution in [0, 0.1) is 5.92 Å². The van der Waals surface area contributed by atoms with Crippen LogP contribution in [0.25, 0.3) is 0 Å². The minimum atomic E-state index is 0.327. The maximum atomic E-state index is 5.02. The molecule has 118 valence electrons. The minimum Gasteiger partial charge on any atom is -0.383 e. The molecule has 0 fully saturated rings. The van der Waals surface area contributed by atoms with Gasteiger partial charge in [0, 0.05) is 39.0 Å². The van der Waals surface area contributed by atoms with Crippen molar-refractivity contribution in [3.05, 3.63) is 30.3 Å². The molecular formula is C16H28N4O. The second kappa shape index (κ2) is 10.0. The Bertz CT molecular complexity index is 406. The molecule has 0 aliphatic heterocycles. The number of para-hydroxylation sites is 1. The van der Waals surface area contributed by atoms with E-state index in [0.717, 1.165) is 24.7 Å². The zero-order valence-electron chi connectivity index (χ0n) is 13.5. The highest BCUT2D eigenvalue weighted by atomic mass is 16.5. The third kappa shape index (κ3) is 6.99. The zero-order chi connectivity index (χ0) is 15.5. The Morgan fingerprint density at radius 3 is 2.48 bits per heavy atom. The first kappa shape index (κ1) is 17.3. The Hall–Kier alpha value is -1.75. The first-order valence-corrected chi connectivity index (χ1v) is 7.42. The Morgan fingerprint density at radius 1 is 1.19 bits per heavy atom. The lowest BCUT2D eigenvalue weighted by Gasteiger charge is -2.25. The van der Waals surface area contributed by atoms with Gasteiger partial charge in [0.25, 0.3) is 0 Å². The maximum Gasteiger partial charge on any atom is 0.191 e. The average Bonchev–Trinajstić information content (AvgIpc) is 2.50. The Balaban J connectivity index is 2.47. The fraction of sp³-hybridized carbons (Fsp3) is 0.562. The molecule has 5 nitrogen and oxygen atoms in total. The number of rotatable bonds is 8. The van der Waals surface area contributed by atoms with Gasteiger partial charge in [-0.2, -0.15) is 0 Å². The summed E-state index contributed by atoms with van der Waals surface area (Å²) in [6.45, 7) is 6.64. The molecule has 1 aromatic rings. The number of benzene rings is 1. The predicted molar refractivity (Wildman–Crippen MR) is 89.9 cm³/mol. The Morgan fingerprint density at radius 2 is 1.90 bits per heavy atom. The van der Waals surface area contributed by atoms with E-state index in [0.29, 0.717) is 18.6 Å². The van der Waals surface area contributed by atoms with E-state index < -0.39 is 0 Å². The molecule has 21 heavy (non-hydrogen) atoms. The average molecular weight is 292 g/mol. The largest absolute Gasteiger partial charge is 0.383 e. The van der Waals surface area contributed by atoms with Gasteiger partial charge in [-0.3, -0.25) is 4.99 Å². The number of nitrogens with zero attached hydrogens (tertiary/aromatic N) is 1. The molecule has 0 radical (unpaired) electrons. The minimum absolute atomic E-state index is 0.327. The van der Waals surface area contributed by atoms with Gasteiger partial charge in [-0.05, 0) is 18.1 Å². The zero-order valence-corrected chi connectivity index (χ0v) is 13.5. The van der Waals surface area contributed by atoms with Crippen LogP contribution < -0.4 is 16.0 Å². The lowest BCUT2D eigenvalue weighted by atomic mass is 10.0. The summed E-state index contributed by atoms with van der Waals surface area (Å²) in [5.74, 6) is 1.31. The van der Waals surface area contributed by atoms with E-state index in [2.05, 4.69) is 46.9 Å². The third-order valence-corrected chi connectivity index (χ3v) is 3.24. The van der Waals surface area contributed by atoms with Gasteiger partial charge in [0.15, 0.2) is 5.96 Å². The second-order valence-electron chi connectivity index (χ2n) is 5.23. The normalized spacial score (nSPS) is 13.1. The lowest BCUT2D eigenvalue weighted by molar-refractivity contribution is 0.203. The summed E-state index contributed by atoms with van der Waals surface area (Å²) in [7, 11) is 3.47. The molecule has 1 unspecified atom stereocenters. The summed E-state index contributed by atoms with van der Waals surface area (Å²) >= 11 is 0. The van der Waals surface area contributed by atoms with Crippen LogP contribution >= 0.6 is 0 Å². The molecule has 0 heterocycles. The third-order valence-electron chi connectivity index (χ3n) is 3.24. The van der Waals surface area contributed by atoms with Gasteiger partial charge in [0.1, 0.15) is 0 Å². The van der Waals surface area contributed by atoms with E-state index in [1.807, 2.05) is 18.2 Å². The molecule has 5 heteroatoms. The summed E-state index contributed by atoms with van der Waals surface area (Å²) < 4.78 is 5.02. The topological polar surface area (TPSA) is 57.7 Å². The Kier molecular flexibility index (Phi) is 8.28. The molecule has 0 aliphatic rings. The number of guanidine groups is 1. The number of hydrogen-bond donors (Lipinski definition) is 3. The smallest absolute Gasteiger partial charge is 0.191 e. The number of ether oxygens (including phenoxy) is 1. The van der Waals surface area contributed by atoms with Crippen LogP contribution in [-0.4, -0.2) is 45.9 Å². The van der Waals surface area contributed by atoms with Gasteiger partial charge in [-0.1, -0.05) is 32.0 Å². The van der Waals surface area contributed by atoms with Gasteiger partial charge in [-0.25, -0.2) is 0 Å². The highest BCUT2D eigenvalue weighted by Gasteiger charge is 2.13. The molecule has 1 rings (SSSR count). The first-order valence-electron chi connectivity index (χ1n) is 7.42. The standard InChI is InChI=1S/C16H28N4O/c1-13(2)15(20-14-8-6-5-7-9-14)12-19-16(17-3)18-10-11-21-4/h5-9,13,15,20H,10-12H2,1-4H3,(H2,17,18,19). The lowest BCUT2D eigenvalue weighted by Crippen LogP contribution is -2.45. The van der Waals surface area contributed by atoms with Crippen LogP contribution in [0.1, 0.15) is 13.8 Å². The highest BCUT2D eigenvalue weighted by molar-refractivity contribution is 5.79. The molecule has 0 saturated heterocycles. The predicted octanol–water partition coefficient (Wildman–Crippen LogP) is 1.93. The number of hydrogen-bond acceptors (Lipinski definition) is 3.